The lowest BCUT2D eigenvalue weighted by Crippen LogP contribution is -2.17. The predicted octanol–water partition coefficient (Wildman–Crippen LogP) is 1.27. The van der Waals surface area contributed by atoms with Gasteiger partial charge in [0.25, 0.3) is 0 Å². The lowest BCUT2D eigenvalue weighted by atomic mass is 10.3. The van der Waals surface area contributed by atoms with Gasteiger partial charge in [-0.1, -0.05) is 0 Å². The molecule has 7 heteroatoms. The smallest absolute Gasteiger partial charge is 0.325 e. The summed E-state index contributed by atoms with van der Waals surface area (Å²) in [6.45, 7) is 2.43. The third-order valence-electron chi connectivity index (χ3n) is 2.68. The van der Waals surface area contributed by atoms with E-state index in [0.29, 0.717) is 24.1 Å². The molecule has 0 spiro atoms. The zero-order valence-electron chi connectivity index (χ0n) is 10.4. The largest absolute Gasteiger partial charge is 0.465 e. The van der Waals surface area contributed by atoms with Crippen LogP contribution < -0.4 is 14.8 Å². The Hall–Kier alpha value is -2.44. The molecular weight excluding hydrogens is 250 g/mol. The Morgan fingerprint density at radius 3 is 3.05 bits per heavy atom. The second-order valence-electron chi connectivity index (χ2n) is 3.97. The number of imidazole rings is 1. The van der Waals surface area contributed by atoms with E-state index in [2.05, 4.69) is 15.3 Å². The average Bonchev–Trinajstić information content (AvgIpc) is 2.98. The van der Waals surface area contributed by atoms with Gasteiger partial charge in [-0.25, -0.2) is 4.98 Å². The molecule has 0 saturated carbocycles. The number of nitrogens with zero attached hydrogens (tertiary/aromatic N) is 1. The Bertz CT molecular complexity index is 582. The number of rotatable bonds is 4. The van der Waals surface area contributed by atoms with Crippen LogP contribution in [0.15, 0.2) is 12.1 Å². The van der Waals surface area contributed by atoms with Crippen LogP contribution in [-0.2, 0) is 9.53 Å². The van der Waals surface area contributed by atoms with Gasteiger partial charge in [0, 0.05) is 12.1 Å². The zero-order chi connectivity index (χ0) is 13.2. The van der Waals surface area contributed by atoms with Crippen LogP contribution in [-0.4, -0.2) is 35.9 Å². The summed E-state index contributed by atoms with van der Waals surface area (Å²) in [6.07, 6.45) is 0. The van der Waals surface area contributed by atoms with Crippen LogP contribution in [0.25, 0.3) is 11.0 Å². The minimum Gasteiger partial charge on any atom is -0.465 e. The number of carbonyl (C=O) groups excluding carboxylic acids is 1. The monoisotopic (exact) mass is 263 g/mol. The number of nitrogens with one attached hydrogen (secondary N) is 2. The van der Waals surface area contributed by atoms with Crippen molar-refractivity contribution in [3.05, 3.63) is 12.1 Å². The van der Waals surface area contributed by atoms with Crippen molar-refractivity contribution in [2.75, 3.05) is 25.3 Å². The van der Waals surface area contributed by atoms with Crippen molar-refractivity contribution in [3.8, 4) is 11.5 Å². The molecule has 3 rings (SSSR count). The molecule has 0 radical (unpaired) electrons. The molecule has 0 bridgehead atoms. The molecule has 1 aromatic carbocycles. The van der Waals surface area contributed by atoms with Crippen LogP contribution in [0.1, 0.15) is 6.92 Å². The van der Waals surface area contributed by atoms with Gasteiger partial charge < -0.3 is 24.5 Å². The molecule has 1 aliphatic heterocycles. The summed E-state index contributed by atoms with van der Waals surface area (Å²) >= 11 is 0. The number of aromatic amines is 1. The summed E-state index contributed by atoms with van der Waals surface area (Å²) in [5, 5.41) is 2.87. The van der Waals surface area contributed by atoms with Crippen molar-refractivity contribution in [1.82, 2.24) is 9.97 Å². The average molecular weight is 263 g/mol. The number of carbonyl (C=O) groups is 1. The maximum atomic E-state index is 11.2. The second kappa shape index (κ2) is 4.68. The number of H-pyrrole nitrogens is 1. The first-order valence-electron chi connectivity index (χ1n) is 5.95. The molecular formula is C12H13N3O4. The number of hydrogen-bond donors (Lipinski definition) is 2. The van der Waals surface area contributed by atoms with Gasteiger partial charge >= 0.3 is 5.97 Å². The summed E-state index contributed by atoms with van der Waals surface area (Å²) < 4.78 is 15.4. The first-order valence-corrected chi connectivity index (χ1v) is 5.95. The van der Waals surface area contributed by atoms with Gasteiger partial charge in [0.1, 0.15) is 6.54 Å². The van der Waals surface area contributed by atoms with E-state index in [9.17, 15) is 4.79 Å². The summed E-state index contributed by atoms with van der Waals surface area (Å²) in [7, 11) is 0. The van der Waals surface area contributed by atoms with Crippen molar-refractivity contribution in [2.24, 2.45) is 0 Å². The number of ether oxygens (including phenoxy) is 3. The molecule has 7 nitrogen and oxygen atoms in total. The van der Waals surface area contributed by atoms with Crippen LogP contribution in [0.3, 0.4) is 0 Å². The van der Waals surface area contributed by atoms with Gasteiger partial charge in [-0.15, -0.1) is 0 Å². The van der Waals surface area contributed by atoms with Gasteiger partial charge in [0.2, 0.25) is 12.7 Å². The fourth-order valence-corrected chi connectivity index (χ4v) is 1.85. The number of benzene rings is 1. The lowest BCUT2D eigenvalue weighted by molar-refractivity contribution is -0.140. The third kappa shape index (κ3) is 2.26. The van der Waals surface area contributed by atoms with E-state index in [1.54, 1.807) is 13.0 Å². The summed E-state index contributed by atoms with van der Waals surface area (Å²) in [5.41, 5.74) is 1.56. The molecule has 100 valence electrons. The Labute approximate surface area is 108 Å². The Kier molecular flexibility index (Phi) is 2.86. The molecule has 0 atom stereocenters. The summed E-state index contributed by atoms with van der Waals surface area (Å²) in [4.78, 5) is 18.6. The quantitative estimate of drug-likeness (QED) is 0.808. The van der Waals surface area contributed by atoms with E-state index in [0.717, 1.165) is 11.0 Å². The minimum absolute atomic E-state index is 0.0698. The van der Waals surface area contributed by atoms with Gasteiger partial charge in [-0.05, 0) is 6.92 Å². The van der Waals surface area contributed by atoms with Crippen molar-refractivity contribution in [2.45, 2.75) is 6.92 Å². The number of anilines is 1. The lowest BCUT2D eigenvalue weighted by Gasteiger charge is -2.01. The van der Waals surface area contributed by atoms with Crippen LogP contribution in [0.5, 0.6) is 11.5 Å². The Balaban J connectivity index is 1.77. The molecule has 0 fully saturated rings. The molecule has 2 N–H and O–H groups in total. The first kappa shape index (κ1) is 11.6. The van der Waals surface area contributed by atoms with E-state index >= 15 is 0 Å². The molecule has 19 heavy (non-hydrogen) atoms. The zero-order valence-corrected chi connectivity index (χ0v) is 10.4. The van der Waals surface area contributed by atoms with Crippen LogP contribution in [0.2, 0.25) is 0 Å². The van der Waals surface area contributed by atoms with Crippen LogP contribution in [0.4, 0.5) is 5.95 Å². The SMILES string of the molecule is CCOC(=O)CNc1nc2cc3c(cc2[nH]1)OCO3. The first-order chi connectivity index (χ1) is 9.26. The van der Waals surface area contributed by atoms with Gasteiger partial charge in [-0.3, -0.25) is 4.79 Å². The van der Waals surface area contributed by atoms with E-state index in [4.69, 9.17) is 14.2 Å². The van der Waals surface area contributed by atoms with E-state index in [1.807, 2.05) is 6.07 Å². The van der Waals surface area contributed by atoms with Gasteiger partial charge in [0.05, 0.1) is 17.6 Å². The highest BCUT2D eigenvalue weighted by Crippen LogP contribution is 2.35. The third-order valence-corrected chi connectivity index (χ3v) is 2.68. The van der Waals surface area contributed by atoms with E-state index in [1.165, 1.54) is 0 Å². The maximum absolute atomic E-state index is 11.2. The van der Waals surface area contributed by atoms with Crippen LogP contribution in [0, 0.1) is 0 Å². The number of esters is 1. The highest BCUT2D eigenvalue weighted by Gasteiger charge is 2.16. The highest BCUT2D eigenvalue weighted by molar-refractivity contribution is 5.82. The van der Waals surface area contributed by atoms with E-state index < -0.39 is 0 Å². The Morgan fingerprint density at radius 1 is 1.47 bits per heavy atom. The van der Waals surface area contributed by atoms with Crippen molar-refractivity contribution in [1.29, 1.82) is 0 Å². The molecule has 1 aromatic heterocycles. The minimum atomic E-state index is -0.322. The fourth-order valence-electron chi connectivity index (χ4n) is 1.85. The summed E-state index contributed by atoms with van der Waals surface area (Å²) in [6, 6.07) is 3.62. The van der Waals surface area contributed by atoms with Crippen molar-refractivity contribution in [3.63, 3.8) is 0 Å². The van der Waals surface area contributed by atoms with Crippen LogP contribution >= 0.6 is 0 Å². The van der Waals surface area contributed by atoms with E-state index in [-0.39, 0.29) is 19.3 Å². The maximum Gasteiger partial charge on any atom is 0.325 e. The second-order valence-corrected chi connectivity index (χ2v) is 3.97. The number of hydrogen-bond acceptors (Lipinski definition) is 6. The number of fused-ring (bicyclic) bond motifs is 2. The molecule has 2 heterocycles. The van der Waals surface area contributed by atoms with Crippen molar-refractivity contribution < 1.29 is 19.0 Å². The fraction of sp³-hybridized carbons (Fsp3) is 0.333. The molecule has 0 unspecified atom stereocenters. The molecule has 2 aromatic rings. The standard InChI is InChI=1S/C12H13N3O4/c1-2-17-11(16)5-13-12-14-7-3-9-10(19-6-18-9)4-8(7)15-12/h3-4H,2,5-6H2,1H3,(H2,13,14,15). The Morgan fingerprint density at radius 2 is 2.26 bits per heavy atom. The number of aromatic nitrogens is 2. The molecule has 0 saturated heterocycles. The molecule has 1 aliphatic rings. The van der Waals surface area contributed by atoms with Crippen molar-refractivity contribution >= 4 is 23.0 Å². The summed E-state index contributed by atoms with van der Waals surface area (Å²) in [5.74, 6) is 1.55. The predicted molar refractivity (Wildman–Crippen MR) is 67.3 cm³/mol. The van der Waals surface area contributed by atoms with Gasteiger partial charge in [0.15, 0.2) is 11.5 Å². The van der Waals surface area contributed by atoms with Gasteiger partial charge in [-0.2, -0.15) is 0 Å². The molecule has 0 amide bonds. The normalized spacial score (nSPS) is 12.7. The molecule has 0 aliphatic carbocycles. The highest BCUT2D eigenvalue weighted by atomic mass is 16.7. The topological polar surface area (TPSA) is 85.5 Å².